The molecule has 1 fully saturated rings. The van der Waals surface area contributed by atoms with Crippen molar-refractivity contribution in [2.75, 3.05) is 0 Å². The minimum absolute atomic E-state index is 0.0710. The van der Waals surface area contributed by atoms with Crippen molar-refractivity contribution in [1.82, 2.24) is 25.8 Å². The Bertz CT molecular complexity index is 2680. The monoisotopic (exact) mass is 702 g/mol. The lowest BCUT2D eigenvalue weighted by molar-refractivity contribution is 0.215. The Labute approximate surface area is 315 Å². The summed E-state index contributed by atoms with van der Waals surface area (Å²) in [5, 5.41) is 20.4. The van der Waals surface area contributed by atoms with Crippen LogP contribution < -0.4 is 27.0 Å². The predicted octanol–water partition coefficient (Wildman–Crippen LogP) is 9.33. The Hall–Kier alpha value is -6.02. The van der Waals surface area contributed by atoms with Gasteiger partial charge in [-0.25, -0.2) is 0 Å². The number of benzene rings is 7. The van der Waals surface area contributed by atoms with Gasteiger partial charge in [-0.05, 0) is 81.4 Å². The molecule has 4 unspecified atom stereocenters. The summed E-state index contributed by atoms with van der Waals surface area (Å²) in [6.45, 7) is 2.09. The second-order valence-electron chi connectivity index (χ2n) is 14.4. The Morgan fingerprint density at radius 1 is 0.593 bits per heavy atom. The average Bonchev–Trinajstić information content (AvgIpc) is 3.74. The molecular weight excluding hydrogens is 661 g/mol. The summed E-state index contributed by atoms with van der Waals surface area (Å²) in [4.78, 5) is 0. The highest BCUT2D eigenvalue weighted by atomic mass is 15.4. The molecule has 1 aliphatic carbocycles. The Morgan fingerprint density at radius 2 is 1.26 bits per heavy atom. The fraction of sp³-hybridized carbons (Fsp3) is 0.125. The number of aromatic nitrogens is 1. The van der Waals surface area contributed by atoms with Gasteiger partial charge in [-0.15, -0.1) is 0 Å². The number of hydrogen-bond donors (Lipinski definition) is 5. The van der Waals surface area contributed by atoms with Crippen molar-refractivity contribution in [2.24, 2.45) is 5.73 Å². The first-order valence-corrected chi connectivity index (χ1v) is 18.9. The van der Waals surface area contributed by atoms with E-state index in [1.165, 1.54) is 66.0 Å². The van der Waals surface area contributed by atoms with E-state index in [0.717, 1.165) is 11.4 Å². The lowest BCUT2D eigenvalue weighted by Crippen LogP contribution is -2.62. The molecule has 0 bridgehead atoms. The zero-order valence-electron chi connectivity index (χ0n) is 30.1. The van der Waals surface area contributed by atoms with E-state index in [1.54, 1.807) is 0 Å². The summed E-state index contributed by atoms with van der Waals surface area (Å²) in [7, 11) is 0. The zero-order chi connectivity index (χ0) is 36.2. The van der Waals surface area contributed by atoms with Gasteiger partial charge in [0.2, 0.25) is 0 Å². The average molecular weight is 703 g/mol. The van der Waals surface area contributed by atoms with Crippen molar-refractivity contribution in [1.29, 1.82) is 0 Å². The van der Waals surface area contributed by atoms with Crippen LogP contribution >= 0.6 is 0 Å². The molecule has 10 rings (SSSR count). The van der Waals surface area contributed by atoms with E-state index in [4.69, 9.17) is 5.73 Å². The van der Waals surface area contributed by atoms with Crippen LogP contribution in [0, 0.1) is 0 Å². The zero-order valence-corrected chi connectivity index (χ0v) is 30.1. The fourth-order valence-electron chi connectivity index (χ4n) is 8.90. The second-order valence-corrected chi connectivity index (χ2v) is 14.4. The standard InChI is InChI=1S/C48H42N6/c1-2-41(48-52-46(31-17-5-3-6-18-31)51-47(53-48)37-26-15-19-30-16-9-10-22-33(30)37)50-45(49)44-36-25-12-11-23-34(36)38-28-39-35-24-13-14-27-42(35)54(43(39)29-40(38)44)32-20-7-4-8-21-32/h2-29,44-48,50-53H,49H2,1H3/b41-2-/t44-,45?,46?,47?,48?/m1/s1. The highest BCUT2D eigenvalue weighted by molar-refractivity contribution is 6.11. The number of fused-ring (bicyclic) bond motifs is 7. The lowest BCUT2D eigenvalue weighted by Gasteiger charge is -2.41. The first-order chi connectivity index (χ1) is 26.7. The van der Waals surface area contributed by atoms with Gasteiger partial charge in [0.15, 0.2) is 0 Å². The summed E-state index contributed by atoms with van der Waals surface area (Å²) in [6.07, 6.45) is 1.30. The lowest BCUT2D eigenvalue weighted by atomic mass is 9.93. The number of nitrogens with one attached hydrogen (secondary N) is 4. The molecule has 2 heterocycles. The van der Waals surface area contributed by atoms with E-state index in [0.29, 0.717) is 0 Å². The van der Waals surface area contributed by atoms with Crippen LogP contribution in [-0.4, -0.2) is 16.9 Å². The van der Waals surface area contributed by atoms with Crippen LogP contribution in [0.1, 0.15) is 47.4 Å². The number of rotatable bonds is 7. The van der Waals surface area contributed by atoms with Crippen molar-refractivity contribution in [3.05, 3.63) is 198 Å². The van der Waals surface area contributed by atoms with Crippen LogP contribution in [0.5, 0.6) is 0 Å². The number of allylic oxidation sites excluding steroid dienone is 1. The van der Waals surface area contributed by atoms with E-state index in [1.807, 2.05) is 0 Å². The first-order valence-electron chi connectivity index (χ1n) is 18.9. The maximum Gasteiger partial charge on any atom is 0.101 e. The van der Waals surface area contributed by atoms with Gasteiger partial charge < -0.3 is 15.6 Å². The number of nitrogens with zero attached hydrogens (tertiary/aromatic N) is 1. The Balaban J connectivity index is 1.04. The van der Waals surface area contributed by atoms with Gasteiger partial charge in [0.1, 0.15) is 6.17 Å². The van der Waals surface area contributed by atoms with Crippen LogP contribution in [0.15, 0.2) is 176 Å². The van der Waals surface area contributed by atoms with Gasteiger partial charge in [0.25, 0.3) is 0 Å². The summed E-state index contributed by atoms with van der Waals surface area (Å²) in [5.74, 6) is -0.0710. The number of para-hydroxylation sites is 2. The van der Waals surface area contributed by atoms with Crippen LogP contribution in [0.3, 0.4) is 0 Å². The Kier molecular flexibility index (Phi) is 8.12. The highest BCUT2D eigenvalue weighted by Crippen LogP contribution is 2.49. The summed E-state index contributed by atoms with van der Waals surface area (Å²) in [5.41, 5.74) is 19.3. The van der Waals surface area contributed by atoms with Crippen molar-refractivity contribution < 1.29 is 0 Å². The van der Waals surface area contributed by atoms with Crippen molar-refractivity contribution in [3.8, 4) is 16.8 Å². The third-order valence-electron chi connectivity index (χ3n) is 11.4. The molecule has 6 heteroatoms. The summed E-state index contributed by atoms with van der Waals surface area (Å²) in [6, 6.07) is 58.6. The molecule has 1 saturated heterocycles. The van der Waals surface area contributed by atoms with Crippen LogP contribution in [0.2, 0.25) is 0 Å². The highest BCUT2D eigenvalue weighted by Gasteiger charge is 2.37. The molecule has 6 N–H and O–H groups in total. The fourth-order valence-corrected chi connectivity index (χ4v) is 8.90. The van der Waals surface area contributed by atoms with E-state index in [9.17, 15) is 0 Å². The number of nitrogens with two attached hydrogens (primary N) is 1. The van der Waals surface area contributed by atoms with Gasteiger partial charge in [0.05, 0.1) is 29.5 Å². The largest absolute Gasteiger partial charge is 0.370 e. The molecule has 7 aromatic carbocycles. The van der Waals surface area contributed by atoms with Crippen LogP contribution in [0.4, 0.5) is 0 Å². The van der Waals surface area contributed by atoms with E-state index < -0.39 is 6.17 Å². The van der Waals surface area contributed by atoms with E-state index in [-0.39, 0.29) is 24.4 Å². The molecule has 0 amide bonds. The third-order valence-corrected chi connectivity index (χ3v) is 11.4. The Morgan fingerprint density at radius 3 is 2.09 bits per heavy atom. The van der Waals surface area contributed by atoms with Crippen molar-refractivity contribution >= 4 is 32.6 Å². The SMILES string of the molecule is C/C=C(\NC(N)[C@@H]1c2ccccc2-c2cc3c4ccccc4n(-c4ccccc4)c3cc21)C1NC(c2ccccc2)NC(c2cccc3ccccc23)N1. The van der Waals surface area contributed by atoms with Crippen molar-refractivity contribution in [2.45, 2.75) is 37.5 Å². The van der Waals surface area contributed by atoms with Gasteiger partial charge in [-0.3, -0.25) is 16.0 Å². The molecule has 8 aromatic rings. The van der Waals surface area contributed by atoms with Gasteiger partial charge in [-0.2, -0.15) is 0 Å². The smallest absolute Gasteiger partial charge is 0.101 e. The molecule has 5 atom stereocenters. The molecule has 0 spiro atoms. The van der Waals surface area contributed by atoms with Crippen LogP contribution in [0.25, 0.3) is 49.4 Å². The first kappa shape index (κ1) is 32.6. The van der Waals surface area contributed by atoms with Gasteiger partial charge in [0, 0.05) is 28.1 Å². The molecule has 264 valence electrons. The topological polar surface area (TPSA) is 79.1 Å². The van der Waals surface area contributed by atoms with E-state index in [2.05, 4.69) is 203 Å². The van der Waals surface area contributed by atoms with Gasteiger partial charge >= 0.3 is 0 Å². The minimum Gasteiger partial charge on any atom is -0.370 e. The predicted molar refractivity (Wildman–Crippen MR) is 222 cm³/mol. The maximum atomic E-state index is 7.40. The third kappa shape index (κ3) is 5.42. The summed E-state index contributed by atoms with van der Waals surface area (Å²) >= 11 is 0. The van der Waals surface area contributed by atoms with Gasteiger partial charge in [-0.1, -0.05) is 140 Å². The molecule has 1 aromatic heterocycles. The minimum atomic E-state index is -0.407. The summed E-state index contributed by atoms with van der Waals surface area (Å²) < 4.78 is 2.39. The molecule has 2 aliphatic rings. The van der Waals surface area contributed by atoms with Crippen LogP contribution in [-0.2, 0) is 0 Å². The maximum absolute atomic E-state index is 7.40. The van der Waals surface area contributed by atoms with E-state index >= 15 is 0 Å². The molecule has 54 heavy (non-hydrogen) atoms. The van der Waals surface area contributed by atoms with Crippen molar-refractivity contribution in [3.63, 3.8) is 0 Å². The second kappa shape index (κ2) is 13.4. The molecular formula is C48H42N6. The molecule has 0 saturated carbocycles. The molecule has 1 aliphatic heterocycles. The normalized spacial score (nSPS) is 20.2. The quantitative estimate of drug-likeness (QED) is 0.107. The number of hydrogen-bond acceptors (Lipinski definition) is 5. The molecule has 6 nitrogen and oxygen atoms in total. The molecule has 0 radical (unpaired) electrons.